The smallest absolute Gasteiger partial charge is 0.248 e. The van der Waals surface area contributed by atoms with Crippen LogP contribution in [-0.2, 0) is 0 Å². The molecule has 1 aromatic rings. The first-order valence-electron chi connectivity index (χ1n) is 11.0. The van der Waals surface area contributed by atoms with Crippen molar-refractivity contribution in [2.45, 2.75) is 39.2 Å². The van der Waals surface area contributed by atoms with Crippen molar-refractivity contribution in [1.82, 2.24) is 0 Å². The summed E-state index contributed by atoms with van der Waals surface area (Å²) in [6.45, 7) is -14.6. The normalized spacial score (nSPS) is 29.6. The lowest BCUT2D eigenvalue weighted by molar-refractivity contribution is 0.0999. The van der Waals surface area contributed by atoms with E-state index in [9.17, 15) is 4.79 Å². The van der Waals surface area contributed by atoms with Crippen LogP contribution >= 0.6 is 0 Å². The van der Waals surface area contributed by atoms with Crippen molar-refractivity contribution >= 4 is 5.91 Å². The molecule has 0 aromatic heterocycles. The minimum Gasteiger partial charge on any atom is -0.366 e. The topological polar surface area (TPSA) is 43.1 Å². The Labute approximate surface area is 111 Å². The van der Waals surface area contributed by atoms with Crippen molar-refractivity contribution in [3.63, 3.8) is 0 Å². The second kappa shape index (κ2) is 4.47. The number of hydrogen-bond acceptors (Lipinski definition) is 1. The predicted molar refractivity (Wildman–Crippen MR) is 63.1 cm³/mol. The maximum atomic E-state index is 11.9. The fraction of sp³-hybridized carbons (Fsp3) is 0.462. The molecule has 0 unspecified atom stereocenters. The Morgan fingerprint density at radius 2 is 2.00 bits per heavy atom. The van der Waals surface area contributed by atoms with Gasteiger partial charge in [0.15, 0.2) is 0 Å². The average molecular weight is 219 g/mol. The molecule has 0 bridgehead atoms. The van der Waals surface area contributed by atoms with Gasteiger partial charge < -0.3 is 5.73 Å². The van der Waals surface area contributed by atoms with Gasteiger partial charge in [-0.05, 0) is 29.0 Å². The molecule has 0 heterocycles. The van der Waals surface area contributed by atoms with Crippen molar-refractivity contribution in [2.75, 3.05) is 0 Å². The van der Waals surface area contributed by atoms with Gasteiger partial charge in [-0.2, -0.15) is 0 Å². The third-order valence-corrected chi connectivity index (χ3v) is 1.85. The van der Waals surface area contributed by atoms with Crippen LogP contribution in [0.4, 0.5) is 0 Å². The van der Waals surface area contributed by atoms with E-state index in [2.05, 4.69) is 0 Å². The SMILES string of the molecule is [2H]C([2H])([2H])C([2H])(c1cccc(C(N)=O)c1C([2H])(C([2H])([2H])[2H])C([2H])([2H])[2H])C([2H])([2H])[2H]. The van der Waals surface area contributed by atoms with E-state index in [0.717, 1.165) is 12.1 Å². The molecule has 82 valence electrons. The van der Waals surface area contributed by atoms with Crippen LogP contribution in [0.25, 0.3) is 0 Å². The average Bonchev–Trinajstić information content (AvgIpc) is 2.47. The minimum absolute atomic E-state index is 0.717. The quantitative estimate of drug-likeness (QED) is 0.834. The Kier molecular flexibility index (Phi) is 0.857. The highest BCUT2D eigenvalue weighted by molar-refractivity contribution is 5.94. The minimum atomic E-state index is -3.68. The summed E-state index contributed by atoms with van der Waals surface area (Å²) < 4.78 is 108. The standard InChI is InChI=1S/C13H19NO/c1-8(2)10-6-5-7-11(13(14)15)12(10)9(3)4/h5-9H,1-4H3,(H2,14,15)/i1D3,2D3,3D3,4D3,8D,9D. The van der Waals surface area contributed by atoms with Gasteiger partial charge in [0.05, 0.1) is 0 Å². The van der Waals surface area contributed by atoms with E-state index in [-0.39, 0.29) is 0 Å². The Morgan fingerprint density at radius 3 is 2.53 bits per heavy atom. The molecule has 1 aromatic carbocycles. The first kappa shape index (κ1) is 2.88. The fourth-order valence-electron chi connectivity index (χ4n) is 1.24. The van der Waals surface area contributed by atoms with Crippen LogP contribution in [-0.4, -0.2) is 5.91 Å². The van der Waals surface area contributed by atoms with Crippen LogP contribution < -0.4 is 5.73 Å². The maximum absolute atomic E-state index is 11.9. The van der Waals surface area contributed by atoms with Gasteiger partial charge >= 0.3 is 0 Å². The van der Waals surface area contributed by atoms with E-state index in [1.54, 1.807) is 0 Å². The van der Waals surface area contributed by atoms with E-state index in [1.807, 2.05) is 0 Å². The second-order valence-corrected chi connectivity index (χ2v) is 2.84. The van der Waals surface area contributed by atoms with Gasteiger partial charge in [-0.1, -0.05) is 39.5 Å². The van der Waals surface area contributed by atoms with Gasteiger partial charge in [-0.3, -0.25) is 4.79 Å². The molecule has 0 radical (unpaired) electrons. The molecule has 2 heteroatoms. The van der Waals surface area contributed by atoms with Crippen LogP contribution in [0.15, 0.2) is 18.2 Å². The summed E-state index contributed by atoms with van der Waals surface area (Å²) in [4.78, 5) is 11.9. The third-order valence-electron chi connectivity index (χ3n) is 1.85. The van der Waals surface area contributed by atoms with Crippen molar-refractivity contribution in [3.05, 3.63) is 34.9 Å². The number of rotatable bonds is 3. The summed E-state index contributed by atoms with van der Waals surface area (Å²) in [7, 11) is 0. The number of carbonyl (C=O) groups is 1. The number of carbonyl (C=O) groups excluding carboxylic acids is 1. The Morgan fingerprint density at radius 1 is 1.33 bits per heavy atom. The lowest BCUT2D eigenvalue weighted by atomic mass is 9.87. The molecule has 0 atom stereocenters. The van der Waals surface area contributed by atoms with Gasteiger partial charge in [0.2, 0.25) is 5.91 Å². The van der Waals surface area contributed by atoms with Gasteiger partial charge in [-0.25, -0.2) is 0 Å². The summed E-state index contributed by atoms with van der Waals surface area (Å²) >= 11 is 0. The molecule has 0 saturated carbocycles. The molecule has 1 amide bonds. The third kappa shape index (κ3) is 2.38. The molecule has 0 saturated heterocycles. The Bertz CT molecular complexity index is 757. The summed E-state index contributed by atoms with van der Waals surface area (Å²) in [5.41, 5.74) is 1.97. The zero-order chi connectivity index (χ0) is 23.4. The zero-order valence-electron chi connectivity index (χ0n) is 21.7. The van der Waals surface area contributed by atoms with Crippen molar-refractivity contribution in [3.8, 4) is 0 Å². The largest absolute Gasteiger partial charge is 0.366 e. The van der Waals surface area contributed by atoms with Gasteiger partial charge in [-0.15, -0.1) is 0 Å². The summed E-state index contributed by atoms with van der Waals surface area (Å²) in [6, 6.07) is 2.51. The highest BCUT2D eigenvalue weighted by Gasteiger charge is 2.16. The number of nitrogens with two attached hydrogens (primary N) is 1. The molecule has 0 aliphatic heterocycles. The van der Waals surface area contributed by atoms with E-state index >= 15 is 0 Å². The highest BCUT2D eigenvalue weighted by atomic mass is 16.1. The monoisotopic (exact) mass is 219 g/mol. The van der Waals surface area contributed by atoms with Crippen LogP contribution in [0.5, 0.6) is 0 Å². The second-order valence-electron chi connectivity index (χ2n) is 2.84. The zero-order valence-corrected chi connectivity index (χ0v) is 7.72. The van der Waals surface area contributed by atoms with Gasteiger partial charge in [0.1, 0.15) is 0 Å². The molecule has 15 heavy (non-hydrogen) atoms. The van der Waals surface area contributed by atoms with Crippen LogP contribution in [0, 0.1) is 0 Å². The molecule has 0 aliphatic carbocycles. The number of amides is 1. The summed E-state index contributed by atoms with van der Waals surface area (Å²) in [5.74, 6) is -8.61. The van der Waals surface area contributed by atoms with Gasteiger partial charge in [0, 0.05) is 24.8 Å². The van der Waals surface area contributed by atoms with Crippen molar-refractivity contribution in [1.29, 1.82) is 0 Å². The fourth-order valence-corrected chi connectivity index (χ4v) is 1.24. The Balaban J connectivity index is 4.37. The van der Waals surface area contributed by atoms with E-state index in [1.165, 1.54) is 0 Å². The molecule has 1 rings (SSSR count). The number of benzene rings is 1. The highest BCUT2D eigenvalue weighted by Crippen LogP contribution is 2.28. The maximum Gasteiger partial charge on any atom is 0.248 e. The van der Waals surface area contributed by atoms with E-state index in [0.29, 0.717) is 6.07 Å². The molecule has 2 nitrogen and oxygen atoms in total. The van der Waals surface area contributed by atoms with Gasteiger partial charge in [0.25, 0.3) is 0 Å². The first-order valence-corrected chi connectivity index (χ1v) is 3.99. The molecule has 2 N–H and O–H groups in total. The molecule has 0 aliphatic rings. The lowest BCUT2D eigenvalue weighted by Crippen LogP contribution is -2.16. The van der Waals surface area contributed by atoms with E-state index < -0.39 is 61.8 Å². The first-order chi connectivity index (χ1) is 12.5. The van der Waals surface area contributed by atoms with E-state index in [4.69, 9.17) is 24.9 Å². The molecular formula is C13H19NO. The Hall–Kier alpha value is -1.31. The summed E-state index contributed by atoms with van der Waals surface area (Å²) in [6.07, 6.45) is 0. The van der Waals surface area contributed by atoms with Crippen molar-refractivity contribution in [2.24, 2.45) is 5.73 Å². The number of primary amides is 1. The summed E-state index contributed by atoms with van der Waals surface area (Å²) in [5, 5.41) is 0. The van der Waals surface area contributed by atoms with Crippen LogP contribution in [0.2, 0.25) is 0 Å². The molecule has 0 fully saturated rings. The number of hydrogen-bond donors (Lipinski definition) is 1. The van der Waals surface area contributed by atoms with Crippen LogP contribution in [0.1, 0.15) is 79.9 Å². The predicted octanol–water partition coefficient (Wildman–Crippen LogP) is 3.03. The van der Waals surface area contributed by atoms with Crippen molar-refractivity contribution < 1.29 is 24.0 Å². The molecular weight excluding hydrogens is 186 g/mol. The molecule has 0 spiro atoms. The van der Waals surface area contributed by atoms with Crippen LogP contribution in [0.3, 0.4) is 0 Å². The lowest BCUT2D eigenvalue weighted by Gasteiger charge is -2.18.